The molecule has 2 aliphatic heterocycles. The van der Waals surface area contributed by atoms with E-state index in [2.05, 4.69) is 158 Å². The number of aromatic nitrogens is 2. The normalized spacial score (nSPS) is 11.9. The second-order valence-corrected chi connectivity index (χ2v) is 17.1. The molecule has 6 aromatic carbocycles. The average Bonchev–Trinajstić information content (AvgIpc) is 4.06. The Labute approximate surface area is 341 Å². The van der Waals surface area contributed by atoms with Crippen LogP contribution in [-0.4, -0.2) is 44.6 Å². The van der Waals surface area contributed by atoms with Gasteiger partial charge in [-0.2, -0.15) is 0 Å². The molecule has 0 atom stereocenters. The van der Waals surface area contributed by atoms with Gasteiger partial charge in [-0.3, -0.25) is 0 Å². The van der Waals surface area contributed by atoms with Gasteiger partial charge in [-0.25, -0.2) is 0 Å². The molecule has 0 saturated carbocycles. The number of fused-ring (bicyclic) bond motifs is 6. The van der Waals surface area contributed by atoms with Crippen molar-refractivity contribution in [2.45, 2.75) is 0 Å². The van der Waals surface area contributed by atoms with E-state index in [0.717, 1.165) is 100 Å². The topological polar surface area (TPSA) is 44.2 Å². The van der Waals surface area contributed by atoms with Gasteiger partial charge in [0.15, 0.2) is 0 Å². The van der Waals surface area contributed by atoms with E-state index in [4.69, 9.17) is 19.4 Å². The molecule has 0 N–H and O–H groups in total. The molecule has 0 saturated heterocycles. The van der Waals surface area contributed by atoms with Gasteiger partial charge in [-0.15, -0.1) is 0 Å². The van der Waals surface area contributed by atoms with Crippen molar-refractivity contribution in [2.75, 3.05) is 14.2 Å². The predicted molar refractivity (Wildman–Crippen MR) is 239 cm³/mol. The van der Waals surface area contributed by atoms with Crippen molar-refractivity contribution in [3.8, 4) is 56.0 Å². The number of ether oxygens (including phenoxy) is 2. The van der Waals surface area contributed by atoms with Gasteiger partial charge in [0, 0.05) is 0 Å². The molecule has 10 bridgehead atoms. The van der Waals surface area contributed by atoms with Gasteiger partial charge in [0.2, 0.25) is 0 Å². The first kappa shape index (κ1) is 34.9. The van der Waals surface area contributed by atoms with Crippen molar-refractivity contribution < 1.29 is 9.47 Å². The fraction of sp³-hybridized carbons (Fsp3) is 0.0385. The van der Waals surface area contributed by atoms with Crippen LogP contribution in [0.1, 0.15) is 22.8 Å². The third kappa shape index (κ3) is 6.36. The van der Waals surface area contributed by atoms with Crippen LogP contribution >= 0.6 is 0 Å². The Kier molecular flexibility index (Phi) is 9.11. The molecule has 2 aromatic heterocycles. The molecule has 0 unspecified atom stereocenters. The Morgan fingerprint density at radius 3 is 1.07 bits per heavy atom. The van der Waals surface area contributed by atoms with E-state index in [1.807, 2.05) is 24.3 Å². The van der Waals surface area contributed by atoms with E-state index in [9.17, 15) is 0 Å². The number of rotatable bonds is 6. The van der Waals surface area contributed by atoms with Gasteiger partial charge >= 0.3 is 343 Å². The summed E-state index contributed by atoms with van der Waals surface area (Å²) in [5.41, 5.74) is 12.8. The second kappa shape index (κ2) is 14.9. The first-order chi connectivity index (χ1) is 28.2. The fourth-order valence-corrected chi connectivity index (χ4v) is 11.4. The van der Waals surface area contributed by atoms with Gasteiger partial charge in [0.05, 0.1) is 0 Å². The Balaban J connectivity index is 1.43. The molecule has 0 amide bonds. The van der Waals surface area contributed by atoms with Crippen molar-refractivity contribution >= 4 is 73.1 Å². The van der Waals surface area contributed by atoms with Gasteiger partial charge in [0.1, 0.15) is 0 Å². The minimum atomic E-state index is -0.923. The molecule has 10 rings (SSSR count). The maximum absolute atomic E-state index is 5.59. The number of methoxy groups -OCH3 is 2. The molecule has 57 heavy (non-hydrogen) atoms. The first-order valence-electron chi connectivity index (χ1n) is 19.0. The number of hydrogen-bond donors (Lipinski definition) is 0. The van der Waals surface area contributed by atoms with Crippen LogP contribution in [-0.2, 0) is 0 Å². The standard InChI is InChI=1S/C52H36N2O2Te/c1-55-37-23-19-35(20-24-37)51-45-29-27-43(53-45)49(33-11-5-3-6-12-33)41-17-9-16-40-39(41)15-10-18-42(40)50(34-13-7-4-8-14-34)44-28-30-46(54-44)52(48-32-31-47(51)57-48)36-21-25-38(56-2)26-22-36/h3-32H,1-2H3. The second-order valence-electron chi connectivity index (χ2n) is 14.0. The van der Waals surface area contributed by atoms with Crippen LogP contribution in [0, 0.1) is 0 Å². The van der Waals surface area contributed by atoms with Crippen molar-refractivity contribution in [1.82, 2.24) is 9.97 Å². The zero-order valence-electron chi connectivity index (χ0n) is 31.4. The summed E-state index contributed by atoms with van der Waals surface area (Å²) in [6.45, 7) is 0. The molecule has 0 aliphatic carbocycles. The fourth-order valence-electron chi connectivity index (χ4n) is 8.07. The Morgan fingerprint density at radius 2 is 0.684 bits per heavy atom. The van der Waals surface area contributed by atoms with E-state index < -0.39 is 20.4 Å². The van der Waals surface area contributed by atoms with Crippen LogP contribution in [0.4, 0.5) is 0 Å². The summed E-state index contributed by atoms with van der Waals surface area (Å²) >= 11 is -0.923. The molecule has 0 radical (unpaired) electrons. The summed E-state index contributed by atoms with van der Waals surface area (Å²) in [5, 5.41) is 4.59. The van der Waals surface area contributed by atoms with Crippen LogP contribution in [0.15, 0.2) is 158 Å². The third-order valence-corrected chi connectivity index (χ3v) is 13.9. The summed E-state index contributed by atoms with van der Waals surface area (Å²) in [7, 11) is 3.42. The van der Waals surface area contributed by atoms with E-state index in [-0.39, 0.29) is 0 Å². The van der Waals surface area contributed by atoms with Gasteiger partial charge < -0.3 is 0 Å². The maximum atomic E-state index is 5.59. The van der Waals surface area contributed by atoms with Gasteiger partial charge in [0.25, 0.3) is 0 Å². The monoisotopic (exact) mass is 850 g/mol. The minimum absolute atomic E-state index is 0.824. The first-order valence-corrected chi connectivity index (χ1v) is 21.3. The van der Waals surface area contributed by atoms with Crippen molar-refractivity contribution in [2.24, 2.45) is 0 Å². The molecule has 4 heterocycles. The molecule has 0 fully saturated rings. The predicted octanol–water partition coefficient (Wildman–Crippen LogP) is 12.9. The zero-order valence-corrected chi connectivity index (χ0v) is 33.8. The Hall–Kier alpha value is -6.51. The van der Waals surface area contributed by atoms with Crippen LogP contribution in [0.5, 0.6) is 11.5 Å². The summed E-state index contributed by atoms with van der Waals surface area (Å²) in [6.07, 6.45) is 8.79. The van der Waals surface area contributed by atoms with Crippen molar-refractivity contribution in [1.29, 1.82) is 0 Å². The molecule has 2 aliphatic rings. The molecular formula is C52H36N2O2Te. The Morgan fingerprint density at radius 1 is 0.333 bits per heavy atom. The molecule has 272 valence electrons. The van der Waals surface area contributed by atoms with E-state index >= 15 is 0 Å². The Bertz CT molecular complexity index is 2850. The van der Waals surface area contributed by atoms with Crippen molar-refractivity contribution in [3.05, 3.63) is 181 Å². The quantitative estimate of drug-likeness (QED) is 0.156. The number of nitrogens with zero attached hydrogens (tertiary/aromatic N) is 2. The molecule has 4 nitrogen and oxygen atoms in total. The molecular weight excluding hydrogens is 812 g/mol. The van der Waals surface area contributed by atoms with E-state index in [1.54, 1.807) is 14.2 Å². The van der Waals surface area contributed by atoms with Crippen LogP contribution < -0.4 is 9.47 Å². The summed E-state index contributed by atoms with van der Waals surface area (Å²) < 4.78 is 13.8. The van der Waals surface area contributed by atoms with E-state index in [0.29, 0.717) is 0 Å². The summed E-state index contributed by atoms with van der Waals surface area (Å²) in [4.78, 5) is 11.1. The molecule has 8 aromatic rings. The molecule has 0 spiro atoms. The van der Waals surface area contributed by atoms with Gasteiger partial charge in [-0.05, 0) is 0 Å². The summed E-state index contributed by atoms with van der Waals surface area (Å²) in [6, 6.07) is 56.1. The van der Waals surface area contributed by atoms with Crippen LogP contribution in [0.25, 0.3) is 97.2 Å². The number of hydrogen-bond acceptors (Lipinski definition) is 4. The third-order valence-electron chi connectivity index (χ3n) is 10.7. The van der Waals surface area contributed by atoms with Crippen LogP contribution in [0.3, 0.4) is 0 Å². The number of benzene rings is 6. The SMILES string of the molecule is COc1ccc(-c2c3nc(c(-c4ccccc4)c4cccc5c(cccc45)c(-c4ccccc4)c4nc(c(-c5ccc(OC)cc5)c5ccc2[te]5)C=C4)C=C3)cc1. The van der Waals surface area contributed by atoms with Gasteiger partial charge in [-0.1, -0.05) is 0 Å². The van der Waals surface area contributed by atoms with Crippen molar-refractivity contribution in [3.63, 3.8) is 0 Å². The molecule has 5 heteroatoms. The zero-order chi connectivity index (χ0) is 38.3. The van der Waals surface area contributed by atoms with E-state index in [1.165, 1.54) is 6.80 Å². The van der Waals surface area contributed by atoms with Crippen LogP contribution in [0.2, 0.25) is 0 Å². The summed E-state index contributed by atoms with van der Waals surface area (Å²) in [5.74, 6) is 1.65. The average molecular weight is 848 g/mol.